The summed E-state index contributed by atoms with van der Waals surface area (Å²) in [5, 5.41) is 57.1. The summed E-state index contributed by atoms with van der Waals surface area (Å²) in [5.41, 5.74) is 0. The molecule has 0 saturated carbocycles. The molecular formula is C71H123NO10. The number of carbonyl (C=O) groups excluding carboxylic acids is 2. The molecule has 1 saturated heterocycles. The van der Waals surface area contributed by atoms with E-state index < -0.39 is 67.4 Å². The van der Waals surface area contributed by atoms with E-state index in [0.717, 1.165) is 96.3 Å². The topological polar surface area (TPSA) is 175 Å². The molecule has 0 spiro atoms. The number of amides is 1. The molecule has 1 aliphatic heterocycles. The quantitative estimate of drug-likeness (QED) is 0.0195. The van der Waals surface area contributed by atoms with E-state index in [1.54, 1.807) is 6.08 Å². The lowest BCUT2D eigenvalue weighted by molar-refractivity contribution is -0.305. The van der Waals surface area contributed by atoms with Crippen molar-refractivity contribution in [3.8, 4) is 0 Å². The Morgan fingerprint density at radius 2 is 0.878 bits per heavy atom. The van der Waals surface area contributed by atoms with Crippen LogP contribution in [0, 0.1) is 0 Å². The summed E-state index contributed by atoms with van der Waals surface area (Å²) in [6.07, 6.45) is 67.3. The maximum absolute atomic E-state index is 13.5. The molecule has 0 bridgehead atoms. The van der Waals surface area contributed by atoms with Crippen molar-refractivity contribution in [3.63, 3.8) is 0 Å². The second kappa shape index (κ2) is 58.0. The van der Waals surface area contributed by atoms with Crippen LogP contribution in [0.4, 0.5) is 0 Å². The van der Waals surface area contributed by atoms with E-state index in [1.807, 2.05) is 6.08 Å². The van der Waals surface area contributed by atoms with Gasteiger partial charge in [-0.15, -0.1) is 0 Å². The van der Waals surface area contributed by atoms with Gasteiger partial charge in [-0.3, -0.25) is 9.59 Å². The van der Waals surface area contributed by atoms with Gasteiger partial charge in [-0.1, -0.05) is 266 Å². The molecule has 6 N–H and O–H groups in total. The Labute approximate surface area is 501 Å². The van der Waals surface area contributed by atoms with E-state index in [0.29, 0.717) is 12.8 Å². The van der Waals surface area contributed by atoms with Gasteiger partial charge in [0.25, 0.3) is 0 Å². The summed E-state index contributed by atoms with van der Waals surface area (Å²) in [7, 11) is 0. The van der Waals surface area contributed by atoms with E-state index in [9.17, 15) is 35.1 Å². The fourth-order valence-electron chi connectivity index (χ4n) is 9.94. The third-order valence-electron chi connectivity index (χ3n) is 15.2. The number of rotatable bonds is 56. The number of nitrogens with one attached hydrogen (secondary N) is 1. The molecule has 8 unspecified atom stereocenters. The van der Waals surface area contributed by atoms with Gasteiger partial charge >= 0.3 is 5.97 Å². The van der Waals surface area contributed by atoms with Crippen molar-refractivity contribution in [1.82, 2.24) is 5.32 Å². The van der Waals surface area contributed by atoms with Crippen LogP contribution in [-0.2, 0) is 23.8 Å². The largest absolute Gasteiger partial charge is 0.454 e. The summed E-state index contributed by atoms with van der Waals surface area (Å²) in [6.45, 7) is 5.64. The Morgan fingerprint density at radius 1 is 0.488 bits per heavy atom. The SMILES string of the molecule is CC/C=C\C/C=C\C/C=C\C/C=C\C/C=C\CCCCCC(=O)OC1C(OCC(NC(=O)C(O)CCCCCCCCCCCCCC/C=C\C/C=C\CCCCC)C(O)/C=C/CCCCCCCCCCCC)OC(CO)C(O)C1O. The highest BCUT2D eigenvalue weighted by Gasteiger charge is 2.47. The first kappa shape index (κ1) is 76.6. The van der Waals surface area contributed by atoms with Gasteiger partial charge in [-0.25, -0.2) is 0 Å². The summed E-state index contributed by atoms with van der Waals surface area (Å²) >= 11 is 0. The molecule has 1 amide bonds. The van der Waals surface area contributed by atoms with E-state index in [2.05, 4.69) is 111 Å². The average molecular weight is 1150 g/mol. The number of hydrogen-bond acceptors (Lipinski definition) is 10. The summed E-state index contributed by atoms with van der Waals surface area (Å²) in [6, 6.07) is -1.04. The predicted octanol–water partition coefficient (Wildman–Crippen LogP) is 16.7. The fraction of sp³-hybridized carbons (Fsp3) is 0.746. The van der Waals surface area contributed by atoms with Crippen LogP contribution in [0.25, 0.3) is 0 Å². The van der Waals surface area contributed by atoms with Crippen LogP contribution in [0.2, 0.25) is 0 Å². The van der Waals surface area contributed by atoms with Crippen molar-refractivity contribution in [2.24, 2.45) is 0 Å². The number of esters is 1. The zero-order valence-electron chi connectivity index (χ0n) is 52.3. The van der Waals surface area contributed by atoms with Gasteiger partial charge in [-0.2, -0.15) is 0 Å². The molecule has 1 fully saturated rings. The molecule has 0 aromatic rings. The Balaban J connectivity index is 2.64. The molecule has 0 aromatic carbocycles. The van der Waals surface area contributed by atoms with Crippen molar-refractivity contribution in [2.75, 3.05) is 13.2 Å². The molecule has 1 heterocycles. The molecule has 0 aliphatic carbocycles. The lowest BCUT2D eigenvalue weighted by atomic mass is 9.99. The molecule has 8 atom stereocenters. The standard InChI is InChI=1S/C71H123NO10/c1-4-7-10-13-16-19-22-25-27-29-31-32-33-35-36-38-40-43-46-49-52-55-58-64(75)70(79)72-62(63(74)57-54-51-48-45-42-24-21-18-15-12-9-6-3)61-80-71-69(68(78)67(77)65(60-73)81-71)82-66(76)59-56-53-50-47-44-41-39-37-34-30-28-26-23-20-17-14-11-8-5-2/h8,11,16-17,19-20,25-28,34,37,41,44,54,57,62-65,67-69,71,73-75,77-78H,4-7,9-10,12-15,18,21-24,29-33,35-36,38-40,42-43,45-53,55-56,58-61H2,1-3H3,(H,72,79)/b11-8-,19-16-,20-17-,27-25-,28-26-,37-34-,44-41-,57-54+. The highest BCUT2D eigenvalue weighted by atomic mass is 16.7. The smallest absolute Gasteiger partial charge is 0.306 e. The van der Waals surface area contributed by atoms with Crippen LogP contribution in [-0.4, -0.2) is 99.6 Å². The van der Waals surface area contributed by atoms with Crippen LogP contribution in [0.1, 0.15) is 278 Å². The van der Waals surface area contributed by atoms with Gasteiger partial charge in [0.05, 0.1) is 25.4 Å². The van der Waals surface area contributed by atoms with Gasteiger partial charge in [0.1, 0.15) is 24.4 Å². The lowest BCUT2D eigenvalue weighted by Crippen LogP contribution is -2.61. The van der Waals surface area contributed by atoms with Gasteiger partial charge in [0.15, 0.2) is 12.4 Å². The Hall–Kier alpha value is -3.42. The first-order valence-electron chi connectivity index (χ1n) is 33.5. The van der Waals surface area contributed by atoms with E-state index in [4.69, 9.17) is 14.2 Å². The van der Waals surface area contributed by atoms with Gasteiger partial charge in [-0.05, 0) is 103 Å². The van der Waals surface area contributed by atoms with Crippen molar-refractivity contribution >= 4 is 11.9 Å². The van der Waals surface area contributed by atoms with E-state index >= 15 is 0 Å². The van der Waals surface area contributed by atoms with Crippen LogP contribution >= 0.6 is 0 Å². The van der Waals surface area contributed by atoms with Crippen molar-refractivity contribution in [3.05, 3.63) is 97.2 Å². The van der Waals surface area contributed by atoms with Crippen LogP contribution in [0.3, 0.4) is 0 Å². The lowest BCUT2D eigenvalue weighted by Gasteiger charge is -2.41. The molecule has 0 radical (unpaired) electrons. The molecule has 472 valence electrons. The monoisotopic (exact) mass is 1150 g/mol. The zero-order chi connectivity index (χ0) is 59.6. The summed E-state index contributed by atoms with van der Waals surface area (Å²) in [5.74, 6) is -1.23. The van der Waals surface area contributed by atoms with Crippen LogP contribution in [0.5, 0.6) is 0 Å². The molecule has 11 nitrogen and oxygen atoms in total. The molecule has 0 aromatic heterocycles. The number of allylic oxidation sites excluding steroid dienone is 15. The van der Waals surface area contributed by atoms with Crippen molar-refractivity contribution in [2.45, 2.75) is 327 Å². The molecule has 82 heavy (non-hydrogen) atoms. The second-order valence-electron chi connectivity index (χ2n) is 22.8. The minimum Gasteiger partial charge on any atom is -0.454 e. The van der Waals surface area contributed by atoms with Gasteiger partial charge in [0.2, 0.25) is 5.91 Å². The highest BCUT2D eigenvalue weighted by molar-refractivity contribution is 5.80. The first-order valence-corrected chi connectivity index (χ1v) is 33.5. The number of ether oxygens (including phenoxy) is 3. The highest BCUT2D eigenvalue weighted by Crippen LogP contribution is 2.26. The number of aliphatic hydroxyl groups is 5. The average Bonchev–Trinajstić information content (AvgIpc) is 3.44. The minimum absolute atomic E-state index is 0.0806. The molecular weight excluding hydrogens is 1030 g/mol. The number of carbonyl (C=O) groups is 2. The second-order valence-corrected chi connectivity index (χ2v) is 22.8. The fourth-order valence-corrected chi connectivity index (χ4v) is 9.94. The first-order chi connectivity index (χ1) is 40.2. The molecule has 1 rings (SSSR count). The van der Waals surface area contributed by atoms with Crippen molar-refractivity contribution in [1.29, 1.82) is 0 Å². The molecule has 11 heteroatoms. The summed E-state index contributed by atoms with van der Waals surface area (Å²) < 4.78 is 17.6. The number of aliphatic hydroxyl groups excluding tert-OH is 5. The van der Waals surface area contributed by atoms with Crippen LogP contribution in [0.15, 0.2) is 97.2 Å². The maximum Gasteiger partial charge on any atom is 0.306 e. The Bertz CT molecular complexity index is 1700. The Morgan fingerprint density at radius 3 is 1.34 bits per heavy atom. The van der Waals surface area contributed by atoms with E-state index in [-0.39, 0.29) is 19.4 Å². The summed E-state index contributed by atoms with van der Waals surface area (Å²) in [4.78, 5) is 26.6. The normalized spacial score (nSPS) is 19.2. The molecule has 1 aliphatic rings. The van der Waals surface area contributed by atoms with Crippen molar-refractivity contribution < 1.29 is 49.3 Å². The Kier molecular flexibility index (Phi) is 54.2. The zero-order valence-corrected chi connectivity index (χ0v) is 52.3. The van der Waals surface area contributed by atoms with Gasteiger partial charge < -0.3 is 45.1 Å². The predicted molar refractivity (Wildman–Crippen MR) is 342 cm³/mol. The number of unbranched alkanes of at least 4 members (excludes halogenated alkanes) is 28. The maximum atomic E-state index is 13.5. The van der Waals surface area contributed by atoms with E-state index in [1.165, 1.54) is 135 Å². The third-order valence-corrected chi connectivity index (χ3v) is 15.2. The number of hydrogen-bond donors (Lipinski definition) is 6. The van der Waals surface area contributed by atoms with Crippen LogP contribution < -0.4 is 5.32 Å². The third kappa shape index (κ3) is 45.0. The van der Waals surface area contributed by atoms with Gasteiger partial charge in [0, 0.05) is 6.42 Å². The minimum atomic E-state index is -1.63.